The Balaban J connectivity index is 2.05. The van der Waals surface area contributed by atoms with Crippen molar-refractivity contribution in [2.75, 3.05) is 23.7 Å². The van der Waals surface area contributed by atoms with Crippen LogP contribution in [0.1, 0.15) is 18.1 Å². The van der Waals surface area contributed by atoms with Gasteiger partial charge in [0.2, 0.25) is 21.8 Å². The molecule has 1 atom stereocenters. The molecule has 3 rings (SSSR count). The monoisotopic (exact) mass is 605 g/mol. The quantitative estimate of drug-likeness (QED) is 0.345. The van der Waals surface area contributed by atoms with E-state index in [0.717, 1.165) is 26.2 Å². The summed E-state index contributed by atoms with van der Waals surface area (Å²) in [4.78, 5) is 28.6. The number of nitrogens with zero attached hydrogens (tertiary/aromatic N) is 2. The number of rotatable bonds is 11. The first kappa shape index (κ1) is 28.7. The number of carbonyl (C=O) groups is 2. The minimum Gasteiger partial charge on any atom is -0.355 e. The molecule has 1 unspecified atom stereocenters. The van der Waals surface area contributed by atoms with Gasteiger partial charge < -0.3 is 10.2 Å². The Labute approximate surface area is 231 Å². The maximum absolute atomic E-state index is 13.9. The summed E-state index contributed by atoms with van der Waals surface area (Å²) in [6.07, 6.45) is 1.28. The molecule has 0 aromatic heterocycles. The molecule has 1 N–H and O–H groups in total. The highest BCUT2D eigenvalue weighted by Crippen LogP contribution is 2.28. The van der Waals surface area contributed by atoms with Crippen molar-refractivity contribution in [2.24, 2.45) is 0 Å². The third-order valence-electron chi connectivity index (χ3n) is 5.66. The molecule has 3 aromatic rings. The number of amides is 2. The number of likely N-dealkylation sites (N-methyl/N-ethyl adjacent to an activating group) is 1. The molecule has 196 valence electrons. The number of carbonyl (C=O) groups excluding carboxylic acids is 2. The van der Waals surface area contributed by atoms with E-state index in [1.54, 1.807) is 31.2 Å². The largest absolute Gasteiger partial charge is 0.355 e. The van der Waals surface area contributed by atoms with E-state index >= 15 is 0 Å². The van der Waals surface area contributed by atoms with E-state index in [1.807, 2.05) is 54.6 Å². The van der Waals surface area contributed by atoms with Crippen LogP contribution in [-0.2, 0) is 32.6 Å². The molecule has 2 amide bonds. The van der Waals surface area contributed by atoms with E-state index in [2.05, 4.69) is 21.2 Å². The molecule has 0 saturated carbocycles. The number of halogens is 2. The van der Waals surface area contributed by atoms with Gasteiger partial charge in [0.1, 0.15) is 12.6 Å². The lowest BCUT2D eigenvalue weighted by Gasteiger charge is -2.33. The van der Waals surface area contributed by atoms with Crippen LogP contribution in [0.25, 0.3) is 0 Å². The molecule has 7 nitrogen and oxygen atoms in total. The van der Waals surface area contributed by atoms with Gasteiger partial charge in [-0.2, -0.15) is 0 Å². The second-order valence-corrected chi connectivity index (χ2v) is 11.7. The van der Waals surface area contributed by atoms with Crippen LogP contribution in [0, 0.1) is 0 Å². The molecule has 0 radical (unpaired) electrons. The highest BCUT2D eigenvalue weighted by atomic mass is 79.9. The topological polar surface area (TPSA) is 86.8 Å². The van der Waals surface area contributed by atoms with Crippen molar-refractivity contribution in [1.29, 1.82) is 0 Å². The van der Waals surface area contributed by atoms with E-state index in [4.69, 9.17) is 11.6 Å². The molecule has 0 fully saturated rings. The van der Waals surface area contributed by atoms with Gasteiger partial charge in [0, 0.05) is 24.0 Å². The van der Waals surface area contributed by atoms with Crippen molar-refractivity contribution in [3.63, 3.8) is 0 Å². The molecular weight excluding hydrogens is 578 g/mol. The fraction of sp³-hybridized carbons (Fsp3) is 0.259. The van der Waals surface area contributed by atoms with Crippen LogP contribution in [0.2, 0.25) is 5.02 Å². The van der Waals surface area contributed by atoms with E-state index in [0.29, 0.717) is 6.54 Å². The van der Waals surface area contributed by atoms with Crippen molar-refractivity contribution in [1.82, 2.24) is 10.2 Å². The minimum atomic E-state index is -3.87. The third kappa shape index (κ3) is 8.05. The molecule has 0 aliphatic rings. The molecule has 0 bridgehead atoms. The van der Waals surface area contributed by atoms with Crippen molar-refractivity contribution in [3.8, 4) is 0 Å². The Kier molecular flexibility index (Phi) is 10.1. The molecule has 37 heavy (non-hydrogen) atoms. The van der Waals surface area contributed by atoms with Gasteiger partial charge in [0.25, 0.3) is 0 Å². The first-order chi connectivity index (χ1) is 17.6. The summed E-state index contributed by atoms with van der Waals surface area (Å²) in [5, 5.41) is 3.03. The number of nitrogens with one attached hydrogen (secondary N) is 1. The van der Waals surface area contributed by atoms with Crippen molar-refractivity contribution >= 4 is 55.1 Å². The lowest BCUT2D eigenvalue weighted by atomic mass is 10.0. The summed E-state index contributed by atoms with van der Waals surface area (Å²) in [5.41, 5.74) is 1.85. The molecule has 0 heterocycles. The van der Waals surface area contributed by atoms with Crippen LogP contribution in [0.3, 0.4) is 0 Å². The Bertz CT molecular complexity index is 1340. The summed E-state index contributed by atoms with van der Waals surface area (Å²) in [6, 6.07) is 22.4. The summed E-state index contributed by atoms with van der Waals surface area (Å²) >= 11 is 9.75. The van der Waals surface area contributed by atoms with Gasteiger partial charge in [-0.05, 0) is 42.3 Å². The molecule has 0 saturated heterocycles. The van der Waals surface area contributed by atoms with Crippen LogP contribution in [0.4, 0.5) is 5.69 Å². The van der Waals surface area contributed by atoms with Crippen LogP contribution in [0.5, 0.6) is 0 Å². The van der Waals surface area contributed by atoms with Gasteiger partial charge >= 0.3 is 0 Å². The molecule has 10 heteroatoms. The minimum absolute atomic E-state index is 0.104. The second kappa shape index (κ2) is 13.1. The zero-order valence-corrected chi connectivity index (χ0v) is 23.8. The molecule has 0 aliphatic heterocycles. The number of para-hydroxylation sites is 1. The van der Waals surface area contributed by atoms with E-state index in [9.17, 15) is 18.0 Å². The third-order valence-corrected chi connectivity index (χ3v) is 7.60. The zero-order valence-electron chi connectivity index (χ0n) is 20.6. The number of anilines is 1. The van der Waals surface area contributed by atoms with Crippen molar-refractivity contribution < 1.29 is 18.0 Å². The number of hydrogen-bond donors (Lipinski definition) is 1. The fourth-order valence-corrected chi connectivity index (χ4v) is 5.52. The molecule has 0 spiro atoms. The van der Waals surface area contributed by atoms with Gasteiger partial charge in [0.05, 0.1) is 17.0 Å². The predicted molar refractivity (Wildman–Crippen MR) is 151 cm³/mol. The standard InChI is InChI=1S/C27H29BrClN3O4S/c1-3-30-27(34)25(17-20-10-5-4-6-11-20)31(18-21-12-9-13-22(28)16-21)26(33)19-32(37(2,35)36)24-15-8-7-14-23(24)29/h4-16,25H,3,17-19H2,1-2H3,(H,30,34). The molecule has 3 aromatic carbocycles. The van der Waals surface area contributed by atoms with Crippen molar-refractivity contribution in [3.05, 3.63) is 99.5 Å². The van der Waals surface area contributed by atoms with Gasteiger partial charge in [0.15, 0.2) is 0 Å². The van der Waals surface area contributed by atoms with Crippen LogP contribution >= 0.6 is 27.5 Å². The summed E-state index contributed by atoms with van der Waals surface area (Å²) in [6.45, 7) is 1.78. The summed E-state index contributed by atoms with van der Waals surface area (Å²) in [5.74, 6) is -0.851. The SMILES string of the molecule is CCNC(=O)C(Cc1ccccc1)N(Cc1cccc(Br)c1)C(=O)CN(c1ccccc1Cl)S(C)(=O)=O. The van der Waals surface area contributed by atoms with Gasteiger partial charge in [-0.3, -0.25) is 13.9 Å². The molecule has 0 aliphatic carbocycles. The lowest BCUT2D eigenvalue weighted by molar-refractivity contribution is -0.140. The average Bonchev–Trinajstić information content (AvgIpc) is 2.85. The average molecular weight is 607 g/mol. The Morgan fingerprint density at radius 3 is 2.24 bits per heavy atom. The Morgan fingerprint density at radius 1 is 0.973 bits per heavy atom. The fourth-order valence-electron chi connectivity index (χ4n) is 3.93. The maximum atomic E-state index is 13.9. The Morgan fingerprint density at radius 2 is 1.62 bits per heavy atom. The van der Waals surface area contributed by atoms with Gasteiger partial charge in [-0.15, -0.1) is 0 Å². The van der Waals surface area contributed by atoms with Gasteiger partial charge in [-0.25, -0.2) is 8.42 Å². The first-order valence-electron chi connectivity index (χ1n) is 11.7. The smallest absolute Gasteiger partial charge is 0.244 e. The van der Waals surface area contributed by atoms with Crippen LogP contribution in [-0.4, -0.2) is 50.5 Å². The second-order valence-electron chi connectivity index (χ2n) is 8.47. The highest BCUT2D eigenvalue weighted by Gasteiger charge is 2.33. The van der Waals surface area contributed by atoms with E-state index in [1.165, 1.54) is 4.90 Å². The lowest BCUT2D eigenvalue weighted by Crippen LogP contribution is -2.53. The van der Waals surface area contributed by atoms with E-state index in [-0.39, 0.29) is 29.6 Å². The number of benzene rings is 3. The zero-order chi connectivity index (χ0) is 27.0. The number of sulfonamides is 1. The van der Waals surface area contributed by atoms with Crippen LogP contribution in [0.15, 0.2) is 83.3 Å². The molecular formula is C27H29BrClN3O4S. The summed E-state index contributed by atoms with van der Waals surface area (Å²) < 4.78 is 27.3. The van der Waals surface area contributed by atoms with Gasteiger partial charge in [-0.1, -0.05) is 82.1 Å². The summed E-state index contributed by atoms with van der Waals surface area (Å²) in [7, 11) is -3.87. The number of hydrogen-bond acceptors (Lipinski definition) is 4. The highest BCUT2D eigenvalue weighted by molar-refractivity contribution is 9.10. The first-order valence-corrected chi connectivity index (χ1v) is 14.7. The predicted octanol–water partition coefficient (Wildman–Crippen LogP) is 4.64. The van der Waals surface area contributed by atoms with Crippen molar-refractivity contribution in [2.45, 2.75) is 25.9 Å². The maximum Gasteiger partial charge on any atom is 0.244 e. The van der Waals surface area contributed by atoms with E-state index < -0.39 is 28.5 Å². The normalized spacial score (nSPS) is 12.0. The Hall–Kier alpha value is -2.88. The van der Waals surface area contributed by atoms with Crippen LogP contribution < -0.4 is 9.62 Å².